The van der Waals surface area contributed by atoms with Crippen LogP contribution in [0.2, 0.25) is 5.02 Å². The second-order valence-electron chi connectivity index (χ2n) is 3.25. The van der Waals surface area contributed by atoms with Crippen molar-refractivity contribution in [2.24, 2.45) is 0 Å². The lowest BCUT2D eigenvalue weighted by atomic mass is 10.3. The molecule has 1 aromatic heterocycles. The van der Waals surface area contributed by atoms with Gasteiger partial charge in [-0.05, 0) is 18.2 Å². The third-order valence-electron chi connectivity index (χ3n) is 2.14. The van der Waals surface area contributed by atoms with Crippen LogP contribution >= 0.6 is 11.6 Å². The quantitative estimate of drug-likeness (QED) is 0.632. The van der Waals surface area contributed by atoms with Crippen molar-refractivity contribution in [3.05, 3.63) is 51.8 Å². The van der Waals surface area contributed by atoms with Gasteiger partial charge in [-0.15, -0.1) is 0 Å². The Morgan fingerprint density at radius 2 is 2.11 bits per heavy atom. The molecule has 0 amide bonds. The number of nitro groups is 1. The van der Waals surface area contributed by atoms with E-state index in [0.717, 1.165) is 16.2 Å². The number of nitrogens with zero attached hydrogens (tertiary/aromatic N) is 3. The Hall–Kier alpha value is -1.93. The monoisotopic (exact) mass is 287 g/mol. The van der Waals surface area contributed by atoms with Gasteiger partial charge in [0.05, 0.1) is 16.0 Å². The molecule has 2 rings (SSSR count). The predicted molar refractivity (Wildman–Crippen MR) is 62.9 cm³/mol. The average Bonchev–Trinajstić information content (AvgIpc) is 2.82. The molecule has 0 atom stereocenters. The third-order valence-corrected chi connectivity index (χ3v) is 4.02. The molecule has 0 radical (unpaired) electrons. The van der Waals surface area contributed by atoms with Crippen molar-refractivity contribution in [3.8, 4) is 0 Å². The van der Waals surface area contributed by atoms with E-state index < -0.39 is 20.6 Å². The molecular weight excluding hydrogens is 282 g/mol. The van der Waals surface area contributed by atoms with Gasteiger partial charge in [-0.3, -0.25) is 10.1 Å². The molecule has 1 heterocycles. The Kier molecular flexibility index (Phi) is 3.05. The number of benzene rings is 1. The summed E-state index contributed by atoms with van der Waals surface area (Å²) in [4.78, 5) is 9.70. The van der Waals surface area contributed by atoms with Crippen LogP contribution in [-0.4, -0.2) is 22.5 Å². The SMILES string of the molecule is O=[N+]([O-])c1cc(S(=O)(=O)n2cccn2)ccc1Cl. The summed E-state index contributed by atoms with van der Waals surface area (Å²) < 4.78 is 24.8. The van der Waals surface area contributed by atoms with E-state index in [1.54, 1.807) is 0 Å². The van der Waals surface area contributed by atoms with Crippen LogP contribution in [0.3, 0.4) is 0 Å². The van der Waals surface area contributed by atoms with Gasteiger partial charge in [0.2, 0.25) is 0 Å². The van der Waals surface area contributed by atoms with E-state index >= 15 is 0 Å². The van der Waals surface area contributed by atoms with Crippen molar-refractivity contribution >= 4 is 27.3 Å². The fourth-order valence-corrected chi connectivity index (χ4v) is 2.61. The van der Waals surface area contributed by atoms with E-state index in [4.69, 9.17) is 11.6 Å². The van der Waals surface area contributed by atoms with Gasteiger partial charge in [0.15, 0.2) is 0 Å². The van der Waals surface area contributed by atoms with E-state index in [2.05, 4.69) is 5.10 Å². The maximum atomic E-state index is 12.0. The van der Waals surface area contributed by atoms with Crippen LogP contribution in [0, 0.1) is 10.1 Å². The summed E-state index contributed by atoms with van der Waals surface area (Å²) in [5.41, 5.74) is -0.468. The summed E-state index contributed by atoms with van der Waals surface area (Å²) in [5.74, 6) is 0. The first-order valence-corrected chi connectivity index (χ1v) is 6.44. The van der Waals surface area contributed by atoms with Crippen LogP contribution in [0.5, 0.6) is 0 Å². The molecule has 0 aliphatic carbocycles. The first-order chi connectivity index (χ1) is 8.43. The highest BCUT2D eigenvalue weighted by Gasteiger charge is 2.22. The first kappa shape index (κ1) is 12.5. The molecule has 0 spiro atoms. The second kappa shape index (κ2) is 4.39. The smallest absolute Gasteiger partial charge is 0.258 e. The van der Waals surface area contributed by atoms with Crippen molar-refractivity contribution < 1.29 is 13.3 Å². The van der Waals surface area contributed by atoms with Crippen LogP contribution in [0.1, 0.15) is 0 Å². The molecule has 94 valence electrons. The van der Waals surface area contributed by atoms with Gasteiger partial charge in [-0.1, -0.05) is 11.6 Å². The molecule has 2 aromatic rings. The Balaban J connectivity index is 2.60. The predicted octanol–water partition coefficient (Wildman–Crippen LogP) is 1.68. The first-order valence-electron chi connectivity index (χ1n) is 4.62. The van der Waals surface area contributed by atoms with Crippen molar-refractivity contribution in [2.45, 2.75) is 4.90 Å². The molecule has 0 fully saturated rings. The van der Waals surface area contributed by atoms with Gasteiger partial charge in [0.1, 0.15) is 5.02 Å². The lowest BCUT2D eigenvalue weighted by Crippen LogP contribution is -2.13. The van der Waals surface area contributed by atoms with Gasteiger partial charge in [0.25, 0.3) is 15.7 Å². The molecule has 0 saturated carbocycles. The number of rotatable bonds is 3. The molecule has 1 aromatic carbocycles. The number of nitro benzene ring substituents is 1. The molecule has 9 heteroatoms. The zero-order chi connectivity index (χ0) is 13.3. The Bertz CT molecular complexity index is 697. The average molecular weight is 288 g/mol. The summed E-state index contributed by atoms with van der Waals surface area (Å²) in [7, 11) is -3.93. The van der Waals surface area contributed by atoms with E-state index in [1.165, 1.54) is 24.5 Å². The van der Waals surface area contributed by atoms with Gasteiger partial charge in [-0.2, -0.15) is 17.6 Å². The second-order valence-corrected chi connectivity index (χ2v) is 5.46. The molecule has 0 unspecified atom stereocenters. The lowest BCUT2D eigenvalue weighted by Gasteiger charge is -2.04. The van der Waals surface area contributed by atoms with Crippen LogP contribution < -0.4 is 0 Å². The minimum Gasteiger partial charge on any atom is -0.258 e. The number of hydrogen-bond donors (Lipinski definition) is 0. The summed E-state index contributed by atoms with van der Waals surface area (Å²) in [6.45, 7) is 0. The van der Waals surface area contributed by atoms with Crippen LogP contribution in [0.25, 0.3) is 0 Å². The fraction of sp³-hybridized carbons (Fsp3) is 0. The van der Waals surface area contributed by atoms with Crippen molar-refractivity contribution in [2.75, 3.05) is 0 Å². The Morgan fingerprint density at radius 3 is 2.67 bits per heavy atom. The topological polar surface area (TPSA) is 95.1 Å². The van der Waals surface area contributed by atoms with Gasteiger partial charge >= 0.3 is 0 Å². The number of halogens is 1. The molecule has 0 N–H and O–H groups in total. The van der Waals surface area contributed by atoms with E-state index in [9.17, 15) is 18.5 Å². The van der Waals surface area contributed by atoms with E-state index in [-0.39, 0.29) is 9.92 Å². The normalized spacial score (nSPS) is 11.4. The van der Waals surface area contributed by atoms with Gasteiger partial charge < -0.3 is 0 Å². The summed E-state index contributed by atoms with van der Waals surface area (Å²) in [6.07, 6.45) is 2.53. The molecule has 7 nitrogen and oxygen atoms in total. The number of aromatic nitrogens is 2. The van der Waals surface area contributed by atoms with Crippen LogP contribution in [0.4, 0.5) is 5.69 Å². The van der Waals surface area contributed by atoms with E-state index in [1.807, 2.05) is 0 Å². The highest BCUT2D eigenvalue weighted by atomic mass is 35.5. The molecule has 0 saturated heterocycles. The Morgan fingerprint density at radius 1 is 1.39 bits per heavy atom. The number of hydrogen-bond acceptors (Lipinski definition) is 5. The molecule has 0 aliphatic rings. The standard InChI is InChI=1S/C9H6ClN3O4S/c10-8-3-2-7(6-9(8)13(14)15)18(16,17)12-5-1-4-11-12/h1-6H. The summed E-state index contributed by atoms with van der Waals surface area (Å²) in [6, 6.07) is 4.68. The van der Waals surface area contributed by atoms with Gasteiger partial charge in [-0.25, -0.2) is 0 Å². The van der Waals surface area contributed by atoms with Crippen LogP contribution in [-0.2, 0) is 10.0 Å². The van der Waals surface area contributed by atoms with E-state index in [0.29, 0.717) is 0 Å². The molecule has 0 bridgehead atoms. The van der Waals surface area contributed by atoms with Gasteiger partial charge in [0, 0.05) is 12.3 Å². The van der Waals surface area contributed by atoms with Crippen LogP contribution in [0.15, 0.2) is 41.6 Å². The lowest BCUT2D eigenvalue weighted by molar-refractivity contribution is -0.384. The largest absolute Gasteiger partial charge is 0.289 e. The zero-order valence-corrected chi connectivity index (χ0v) is 10.3. The summed E-state index contributed by atoms with van der Waals surface area (Å²) >= 11 is 5.61. The highest BCUT2D eigenvalue weighted by Crippen LogP contribution is 2.27. The third kappa shape index (κ3) is 2.07. The fourth-order valence-electron chi connectivity index (χ4n) is 1.30. The Labute approximate surface area is 107 Å². The molecular formula is C9H6ClN3O4S. The minimum atomic E-state index is -3.93. The van der Waals surface area contributed by atoms with Crippen molar-refractivity contribution in [1.82, 2.24) is 9.19 Å². The van der Waals surface area contributed by atoms with Crippen molar-refractivity contribution in [3.63, 3.8) is 0 Å². The zero-order valence-electron chi connectivity index (χ0n) is 8.72. The maximum absolute atomic E-state index is 12.0. The minimum absolute atomic E-state index is 0.126. The molecule has 18 heavy (non-hydrogen) atoms. The molecule has 0 aliphatic heterocycles. The van der Waals surface area contributed by atoms with Crippen molar-refractivity contribution in [1.29, 1.82) is 0 Å². The highest BCUT2D eigenvalue weighted by molar-refractivity contribution is 7.89. The summed E-state index contributed by atoms with van der Waals surface area (Å²) in [5, 5.41) is 14.2. The maximum Gasteiger partial charge on any atom is 0.289 e.